The topological polar surface area (TPSA) is 60.2 Å². The fourth-order valence-electron chi connectivity index (χ4n) is 2.21. The summed E-state index contributed by atoms with van der Waals surface area (Å²) in [6, 6.07) is 9.85. The molecule has 0 fully saturated rings. The molecule has 0 saturated carbocycles. The highest BCUT2D eigenvalue weighted by Crippen LogP contribution is 2.31. The molecule has 3 nitrogen and oxygen atoms in total. The zero-order valence-electron chi connectivity index (χ0n) is 9.31. The first-order valence-electron chi connectivity index (χ1n) is 5.40. The zero-order chi connectivity index (χ0) is 12.9. The number of thiol groups is 1. The van der Waals surface area contributed by atoms with Gasteiger partial charge in [-0.2, -0.15) is 0 Å². The summed E-state index contributed by atoms with van der Waals surface area (Å²) in [4.78, 5) is 25.3. The van der Waals surface area contributed by atoms with Crippen molar-refractivity contribution in [1.29, 1.82) is 0 Å². The Morgan fingerprint density at radius 2 is 1.63 bits per heavy atom. The van der Waals surface area contributed by atoms with Gasteiger partial charge in [-0.25, -0.2) is 0 Å². The standard InChI is InChI=1S/C14H9NO2S.CH4/c15-11-3-1-2-9-12(11)14(17)8-5-4-7(18)6-10(8)13(9)16;/h1-6,18H,15H2;1H4. The predicted octanol–water partition coefficient (Wildman–Crippen LogP) is 2.97. The van der Waals surface area contributed by atoms with Gasteiger partial charge >= 0.3 is 0 Å². The number of ketones is 2. The highest BCUT2D eigenvalue weighted by atomic mass is 32.1. The maximum Gasteiger partial charge on any atom is 0.196 e. The van der Waals surface area contributed by atoms with Crippen molar-refractivity contribution in [2.75, 3.05) is 5.73 Å². The third kappa shape index (κ3) is 1.85. The summed E-state index contributed by atoms with van der Waals surface area (Å²) in [6.07, 6.45) is 0. The molecule has 0 unspecified atom stereocenters. The Labute approximate surface area is 116 Å². The second-order valence-electron chi connectivity index (χ2n) is 4.16. The van der Waals surface area contributed by atoms with Crippen LogP contribution >= 0.6 is 12.6 Å². The van der Waals surface area contributed by atoms with Gasteiger partial charge in [0.2, 0.25) is 0 Å². The normalized spacial score (nSPS) is 12.5. The van der Waals surface area contributed by atoms with E-state index in [2.05, 4.69) is 12.6 Å². The fraction of sp³-hybridized carbons (Fsp3) is 0.0667. The number of nitrogens with two attached hydrogens (primary N) is 1. The van der Waals surface area contributed by atoms with Crippen molar-refractivity contribution in [3.8, 4) is 0 Å². The van der Waals surface area contributed by atoms with E-state index in [9.17, 15) is 9.59 Å². The zero-order valence-corrected chi connectivity index (χ0v) is 10.2. The Balaban J connectivity index is 0.00000133. The molecule has 0 amide bonds. The Hall–Kier alpha value is -2.07. The van der Waals surface area contributed by atoms with Gasteiger partial charge in [-0.05, 0) is 24.3 Å². The van der Waals surface area contributed by atoms with Crippen LogP contribution in [0.4, 0.5) is 5.69 Å². The molecule has 2 aromatic rings. The van der Waals surface area contributed by atoms with Gasteiger partial charge in [0.05, 0.1) is 5.56 Å². The SMILES string of the molecule is C.Nc1cccc2c1C(=O)c1ccc(S)cc1C2=O. The molecule has 4 heteroatoms. The van der Waals surface area contributed by atoms with Crippen LogP contribution in [0.25, 0.3) is 0 Å². The number of carbonyl (C=O) groups is 2. The molecule has 2 N–H and O–H groups in total. The molecule has 0 saturated heterocycles. The molecule has 3 rings (SSSR count). The van der Waals surface area contributed by atoms with E-state index >= 15 is 0 Å². The Morgan fingerprint density at radius 1 is 0.895 bits per heavy atom. The van der Waals surface area contributed by atoms with Gasteiger partial charge in [0.25, 0.3) is 0 Å². The van der Waals surface area contributed by atoms with Gasteiger partial charge in [-0.3, -0.25) is 9.59 Å². The number of hydrogen-bond acceptors (Lipinski definition) is 4. The summed E-state index contributed by atoms with van der Waals surface area (Å²) < 4.78 is 0. The van der Waals surface area contributed by atoms with E-state index < -0.39 is 0 Å². The molecule has 0 bridgehead atoms. The number of rotatable bonds is 0. The number of anilines is 1. The molecule has 96 valence electrons. The van der Waals surface area contributed by atoms with Crippen molar-refractivity contribution in [1.82, 2.24) is 0 Å². The van der Waals surface area contributed by atoms with E-state index in [0.29, 0.717) is 32.8 Å². The molecule has 0 spiro atoms. The highest BCUT2D eigenvalue weighted by Gasteiger charge is 2.30. The first-order valence-corrected chi connectivity index (χ1v) is 5.85. The van der Waals surface area contributed by atoms with Crippen molar-refractivity contribution in [2.45, 2.75) is 12.3 Å². The van der Waals surface area contributed by atoms with Crippen LogP contribution in [0, 0.1) is 0 Å². The largest absolute Gasteiger partial charge is 0.398 e. The fourth-order valence-corrected chi connectivity index (χ4v) is 2.41. The van der Waals surface area contributed by atoms with E-state index in [4.69, 9.17) is 5.73 Å². The molecule has 0 atom stereocenters. The Kier molecular flexibility index (Phi) is 3.20. The van der Waals surface area contributed by atoms with Gasteiger partial charge in [0.15, 0.2) is 11.6 Å². The second-order valence-corrected chi connectivity index (χ2v) is 4.67. The molecule has 0 aliphatic heterocycles. The Morgan fingerprint density at radius 3 is 2.37 bits per heavy atom. The minimum absolute atomic E-state index is 0. The van der Waals surface area contributed by atoms with Crippen LogP contribution in [0.5, 0.6) is 0 Å². The van der Waals surface area contributed by atoms with Crippen LogP contribution in [0.15, 0.2) is 41.3 Å². The molecule has 0 radical (unpaired) electrons. The summed E-state index contributed by atoms with van der Waals surface area (Å²) in [5.41, 5.74) is 7.59. The summed E-state index contributed by atoms with van der Waals surface area (Å²) >= 11 is 4.19. The van der Waals surface area contributed by atoms with E-state index in [1.54, 1.807) is 36.4 Å². The number of hydrogen-bond donors (Lipinski definition) is 2. The number of fused-ring (bicyclic) bond motifs is 2. The molecular formula is C15H13NO2S. The van der Waals surface area contributed by atoms with E-state index in [1.807, 2.05) is 0 Å². The minimum atomic E-state index is -0.203. The van der Waals surface area contributed by atoms with Crippen LogP contribution in [-0.4, -0.2) is 11.6 Å². The van der Waals surface area contributed by atoms with Gasteiger partial charge < -0.3 is 5.73 Å². The number of benzene rings is 2. The lowest BCUT2D eigenvalue weighted by Gasteiger charge is -2.18. The average molecular weight is 271 g/mol. The molecule has 0 aromatic heterocycles. The summed E-state index contributed by atoms with van der Waals surface area (Å²) in [5, 5.41) is 0. The molecular weight excluding hydrogens is 258 g/mol. The van der Waals surface area contributed by atoms with Gasteiger partial charge in [-0.15, -0.1) is 12.6 Å². The lowest BCUT2D eigenvalue weighted by atomic mass is 9.83. The summed E-state index contributed by atoms with van der Waals surface area (Å²) in [6.45, 7) is 0. The van der Waals surface area contributed by atoms with Crippen LogP contribution in [0.1, 0.15) is 39.3 Å². The molecule has 2 aromatic carbocycles. The van der Waals surface area contributed by atoms with Crippen molar-refractivity contribution in [3.05, 3.63) is 58.7 Å². The van der Waals surface area contributed by atoms with E-state index in [-0.39, 0.29) is 19.0 Å². The second kappa shape index (κ2) is 4.55. The smallest absolute Gasteiger partial charge is 0.196 e. The number of carbonyl (C=O) groups excluding carboxylic acids is 2. The van der Waals surface area contributed by atoms with Crippen LogP contribution in [0.2, 0.25) is 0 Å². The molecule has 19 heavy (non-hydrogen) atoms. The lowest BCUT2D eigenvalue weighted by molar-refractivity contribution is 0.0979. The van der Waals surface area contributed by atoms with Crippen molar-refractivity contribution < 1.29 is 9.59 Å². The van der Waals surface area contributed by atoms with Crippen LogP contribution < -0.4 is 5.73 Å². The van der Waals surface area contributed by atoms with Crippen LogP contribution in [0.3, 0.4) is 0 Å². The van der Waals surface area contributed by atoms with Crippen molar-refractivity contribution in [2.24, 2.45) is 0 Å². The quantitative estimate of drug-likeness (QED) is 0.488. The molecule has 1 aliphatic carbocycles. The number of nitrogen functional groups attached to an aromatic ring is 1. The van der Waals surface area contributed by atoms with E-state index in [0.717, 1.165) is 0 Å². The third-order valence-electron chi connectivity index (χ3n) is 3.06. The lowest BCUT2D eigenvalue weighted by Crippen LogP contribution is -2.22. The first kappa shape index (κ1) is 13.4. The van der Waals surface area contributed by atoms with Gasteiger partial charge in [0, 0.05) is 27.3 Å². The maximum absolute atomic E-state index is 12.3. The molecule has 0 heterocycles. The molecule has 1 aliphatic rings. The van der Waals surface area contributed by atoms with Gasteiger partial charge in [-0.1, -0.05) is 19.6 Å². The maximum atomic E-state index is 12.3. The average Bonchev–Trinajstić information content (AvgIpc) is 2.35. The minimum Gasteiger partial charge on any atom is -0.398 e. The predicted molar refractivity (Wildman–Crippen MR) is 78.1 cm³/mol. The Bertz CT molecular complexity index is 703. The van der Waals surface area contributed by atoms with Crippen molar-refractivity contribution in [3.63, 3.8) is 0 Å². The van der Waals surface area contributed by atoms with E-state index in [1.165, 1.54) is 0 Å². The van der Waals surface area contributed by atoms with Crippen LogP contribution in [-0.2, 0) is 0 Å². The summed E-state index contributed by atoms with van der Waals surface area (Å²) in [5.74, 6) is -0.381. The van der Waals surface area contributed by atoms with Gasteiger partial charge in [0.1, 0.15) is 0 Å². The highest BCUT2D eigenvalue weighted by molar-refractivity contribution is 7.80. The first-order chi connectivity index (χ1) is 8.59. The third-order valence-corrected chi connectivity index (χ3v) is 3.34. The summed E-state index contributed by atoms with van der Waals surface area (Å²) in [7, 11) is 0. The van der Waals surface area contributed by atoms with Crippen molar-refractivity contribution >= 4 is 29.9 Å². The monoisotopic (exact) mass is 271 g/mol.